The highest BCUT2D eigenvalue weighted by Gasteiger charge is 2.31. The molecular formula is C7H11ClO3. The van der Waals surface area contributed by atoms with Crippen molar-refractivity contribution in [3.05, 3.63) is 0 Å². The molecular weight excluding hydrogens is 168 g/mol. The Kier molecular flexibility index (Phi) is 3.52. The molecule has 0 amide bonds. The van der Waals surface area contributed by atoms with E-state index < -0.39 is 16.6 Å². The molecule has 4 heteroatoms. The number of halogens is 1. The van der Waals surface area contributed by atoms with Crippen molar-refractivity contribution in [1.29, 1.82) is 0 Å². The van der Waals surface area contributed by atoms with Crippen LogP contribution in [0.3, 0.4) is 0 Å². The lowest BCUT2D eigenvalue weighted by Crippen LogP contribution is -2.33. The highest BCUT2D eigenvalue weighted by molar-refractivity contribution is 6.50. The molecule has 0 aliphatic heterocycles. The highest BCUT2D eigenvalue weighted by atomic mass is 35.5. The first-order valence-electron chi connectivity index (χ1n) is 3.30. The van der Waals surface area contributed by atoms with Crippen LogP contribution >= 0.6 is 11.6 Å². The van der Waals surface area contributed by atoms with Crippen LogP contribution in [-0.4, -0.2) is 23.2 Å². The van der Waals surface area contributed by atoms with Crippen LogP contribution in [0.2, 0.25) is 0 Å². The van der Waals surface area contributed by atoms with Gasteiger partial charge < -0.3 is 4.74 Å². The second kappa shape index (κ2) is 3.72. The fourth-order valence-electron chi connectivity index (χ4n) is 0.439. The number of alkyl halides is 1. The molecule has 0 saturated carbocycles. The third-order valence-electron chi connectivity index (χ3n) is 1.00. The van der Waals surface area contributed by atoms with E-state index in [2.05, 4.69) is 4.74 Å². The minimum absolute atomic E-state index is 0.192. The van der Waals surface area contributed by atoms with Gasteiger partial charge in [0.25, 0.3) is 5.78 Å². The first-order chi connectivity index (χ1) is 4.89. The minimum atomic E-state index is -1.16. The topological polar surface area (TPSA) is 43.4 Å². The standard InChI is InChI=1S/C7H11ClO3/c1-4-11-6(10)5(9)7(2,3)8/h4H2,1-3H3. The minimum Gasteiger partial charge on any atom is -0.460 e. The van der Waals surface area contributed by atoms with Crippen molar-refractivity contribution in [2.24, 2.45) is 0 Å². The Labute approximate surface area is 70.7 Å². The number of carbonyl (C=O) groups is 2. The Morgan fingerprint density at radius 3 is 2.18 bits per heavy atom. The van der Waals surface area contributed by atoms with Crippen molar-refractivity contribution in [3.63, 3.8) is 0 Å². The molecule has 0 atom stereocenters. The molecule has 0 aromatic carbocycles. The van der Waals surface area contributed by atoms with E-state index in [0.717, 1.165) is 0 Å². The van der Waals surface area contributed by atoms with Gasteiger partial charge in [0, 0.05) is 0 Å². The molecule has 0 radical (unpaired) electrons. The van der Waals surface area contributed by atoms with Gasteiger partial charge in [-0.15, -0.1) is 11.6 Å². The summed E-state index contributed by atoms with van der Waals surface area (Å²) in [5.74, 6) is -1.58. The molecule has 64 valence electrons. The van der Waals surface area contributed by atoms with Crippen molar-refractivity contribution in [2.45, 2.75) is 25.6 Å². The predicted molar refractivity (Wildman–Crippen MR) is 41.6 cm³/mol. The molecule has 0 aromatic rings. The first kappa shape index (κ1) is 10.4. The number of ether oxygens (including phenoxy) is 1. The maximum atomic E-state index is 10.9. The molecule has 11 heavy (non-hydrogen) atoms. The molecule has 0 aromatic heterocycles. The van der Waals surface area contributed by atoms with Gasteiger partial charge in [-0.3, -0.25) is 4.79 Å². The van der Waals surface area contributed by atoms with E-state index in [4.69, 9.17) is 11.6 Å². The summed E-state index contributed by atoms with van der Waals surface area (Å²) in [5.41, 5.74) is 0. The fourth-order valence-corrected chi connectivity index (χ4v) is 0.516. The zero-order valence-corrected chi connectivity index (χ0v) is 7.57. The summed E-state index contributed by atoms with van der Waals surface area (Å²) >= 11 is 5.56. The van der Waals surface area contributed by atoms with E-state index in [1.807, 2.05) is 0 Å². The Morgan fingerprint density at radius 1 is 1.45 bits per heavy atom. The number of carbonyl (C=O) groups excluding carboxylic acids is 2. The maximum absolute atomic E-state index is 10.9. The second-order valence-corrected chi connectivity index (χ2v) is 3.47. The van der Waals surface area contributed by atoms with Crippen LogP contribution in [0.5, 0.6) is 0 Å². The summed E-state index contributed by atoms with van der Waals surface area (Å²) < 4.78 is 4.46. The van der Waals surface area contributed by atoms with Gasteiger partial charge in [0.05, 0.1) is 6.61 Å². The van der Waals surface area contributed by atoms with Crippen molar-refractivity contribution in [2.75, 3.05) is 6.61 Å². The van der Waals surface area contributed by atoms with Crippen LogP contribution in [0.1, 0.15) is 20.8 Å². The summed E-state index contributed by atoms with van der Waals surface area (Å²) in [5, 5.41) is 0. The Morgan fingerprint density at radius 2 is 1.91 bits per heavy atom. The fraction of sp³-hybridized carbons (Fsp3) is 0.714. The number of hydrogen-bond donors (Lipinski definition) is 0. The lowest BCUT2D eigenvalue weighted by Gasteiger charge is -2.11. The Bertz CT molecular complexity index is 169. The van der Waals surface area contributed by atoms with Gasteiger partial charge in [-0.2, -0.15) is 0 Å². The van der Waals surface area contributed by atoms with Gasteiger partial charge in [0.15, 0.2) is 0 Å². The predicted octanol–water partition coefficient (Wildman–Crippen LogP) is 1.14. The van der Waals surface area contributed by atoms with E-state index in [0.29, 0.717) is 0 Å². The maximum Gasteiger partial charge on any atom is 0.376 e. The van der Waals surface area contributed by atoms with Gasteiger partial charge in [-0.1, -0.05) is 0 Å². The van der Waals surface area contributed by atoms with Gasteiger partial charge in [-0.25, -0.2) is 4.79 Å². The summed E-state index contributed by atoms with van der Waals surface area (Å²) in [7, 11) is 0. The molecule has 0 aliphatic carbocycles. The van der Waals surface area contributed by atoms with Gasteiger partial charge in [0.2, 0.25) is 0 Å². The lowest BCUT2D eigenvalue weighted by atomic mass is 10.1. The van der Waals surface area contributed by atoms with E-state index in [1.165, 1.54) is 13.8 Å². The van der Waals surface area contributed by atoms with Crippen molar-refractivity contribution in [3.8, 4) is 0 Å². The molecule has 3 nitrogen and oxygen atoms in total. The smallest absolute Gasteiger partial charge is 0.376 e. The molecule has 0 saturated heterocycles. The third kappa shape index (κ3) is 3.37. The lowest BCUT2D eigenvalue weighted by molar-refractivity contribution is -0.154. The molecule has 0 heterocycles. The molecule has 0 unspecified atom stereocenters. The molecule has 0 fully saturated rings. The second-order valence-electron chi connectivity index (χ2n) is 2.52. The van der Waals surface area contributed by atoms with E-state index in [-0.39, 0.29) is 6.61 Å². The van der Waals surface area contributed by atoms with Gasteiger partial charge >= 0.3 is 5.97 Å². The van der Waals surface area contributed by atoms with Crippen LogP contribution in [0, 0.1) is 0 Å². The number of hydrogen-bond acceptors (Lipinski definition) is 3. The van der Waals surface area contributed by atoms with Crippen LogP contribution in [-0.2, 0) is 14.3 Å². The summed E-state index contributed by atoms with van der Waals surface area (Å²) in [6, 6.07) is 0. The molecule has 0 bridgehead atoms. The SMILES string of the molecule is CCOC(=O)C(=O)C(C)(C)Cl. The third-order valence-corrected chi connectivity index (χ3v) is 1.17. The van der Waals surface area contributed by atoms with Crippen LogP contribution in [0.4, 0.5) is 0 Å². The largest absolute Gasteiger partial charge is 0.460 e. The summed E-state index contributed by atoms with van der Waals surface area (Å²) in [4.78, 5) is 20.5. The quantitative estimate of drug-likeness (QED) is 0.370. The van der Waals surface area contributed by atoms with Gasteiger partial charge in [0.1, 0.15) is 4.87 Å². The zero-order valence-electron chi connectivity index (χ0n) is 6.81. The van der Waals surface area contributed by atoms with Crippen LogP contribution in [0.15, 0.2) is 0 Å². The van der Waals surface area contributed by atoms with E-state index in [1.54, 1.807) is 6.92 Å². The average Bonchev–Trinajstić information content (AvgIpc) is 1.85. The van der Waals surface area contributed by atoms with Crippen molar-refractivity contribution < 1.29 is 14.3 Å². The Hall–Kier alpha value is -0.570. The van der Waals surface area contributed by atoms with E-state index in [9.17, 15) is 9.59 Å². The van der Waals surface area contributed by atoms with Gasteiger partial charge in [-0.05, 0) is 20.8 Å². The molecule has 0 rings (SSSR count). The first-order valence-corrected chi connectivity index (χ1v) is 3.68. The van der Waals surface area contributed by atoms with E-state index >= 15 is 0 Å². The summed E-state index contributed by atoms with van der Waals surface area (Å²) in [6.07, 6.45) is 0. The Balaban J connectivity index is 4.15. The van der Waals surface area contributed by atoms with Crippen LogP contribution in [0.25, 0.3) is 0 Å². The van der Waals surface area contributed by atoms with Crippen molar-refractivity contribution >= 4 is 23.4 Å². The monoisotopic (exact) mass is 178 g/mol. The number of esters is 1. The molecule has 0 aliphatic rings. The van der Waals surface area contributed by atoms with Crippen molar-refractivity contribution in [1.82, 2.24) is 0 Å². The molecule has 0 N–H and O–H groups in total. The highest BCUT2D eigenvalue weighted by Crippen LogP contribution is 2.14. The number of ketones is 1. The normalized spacial score (nSPS) is 10.9. The summed E-state index contributed by atoms with van der Waals surface area (Å²) in [6.45, 7) is 4.73. The van der Waals surface area contributed by atoms with Crippen LogP contribution < -0.4 is 0 Å². The number of rotatable bonds is 3. The number of Topliss-reactive ketones (excluding diaryl/α,β-unsaturated/α-hetero) is 1. The zero-order chi connectivity index (χ0) is 9.07. The average molecular weight is 179 g/mol. The molecule has 0 spiro atoms.